The lowest BCUT2D eigenvalue weighted by molar-refractivity contribution is 0.558. The zero-order valence-electron chi connectivity index (χ0n) is 7.45. The average Bonchev–Trinajstić information content (AvgIpc) is 2.58. The van der Waals surface area contributed by atoms with E-state index in [4.69, 9.17) is 0 Å². The van der Waals surface area contributed by atoms with E-state index in [0.717, 1.165) is 12.0 Å². The Morgan fingerprint density at radius 2 is 2.50 bits per heavy atom. The average molecular weight is 182 g/mol. The predicted octanol–water partition coefficient (Wildman–Crippen LogP) is 2.20. The Morgan fingerprint density at radius 1 is 1.75 bits per heavy atom. The lowest BCUT2D eigenvalue weighted by Crippen LogP contribution is -2.21. The van der Waals surface area contributed by atoms with Gasteiger partial charge in [0.2, 0.25) is 0 Å². The molecule has 3 atom stereocenters. The standard InChI is InChI=1S/C9H14N2S/c1-6-3-8(6)11-7(2)9-4-10-5-12-9/h4-8,11H,3H2,1-2H3. The van der Waals surface area contributed by atoms with Crippen molar-refractivity contribution in [1.82, 2.24) is 10.3 Å². The van der Waals surface area contributed by atoms with Crippen LogP contribution in [0.5, 0.6) is 0 Å². The van der Waals surface area contributed by atoms with Crippen LogP contribution in [0.3, 0.4) is 0 Å². The van der Waals surface area contributed by atoms with Crippen LogP contribution in [-0.2, 0) is 0 Å². The van der Waals surface area contributed by atoms with Crippen molar-refractivity contribution in [3.05, 3.63) is 16.6 Å². The molecule has 0 bridgehead atoms. The minimum Gasteiger partial charge on any atom is -0.306 e. The SMILES string of the molecule is CC(NC1CC1C)c1cncs1. The Hall–Kier alpha value is -0.410. The van der Waals surface area contributed by atoms with Crippen molar-refractivity contribution >= 4 is 11.3 Å². The lowest BCUT2D eigenvalue weighted by atomic mass is 10.3. The minimum atomic E-state index is 0.479. The number of nitrogens with zero attached hydrogens (tertiary/aromatic N) is 1. The topological polar surface area (TPSA) is 24.9 Å². The molecule has 1 aliphatic carbocycles. The normalized spacial score (nSPS) is 30.2. The largest absolute Gasteiger partial charge is 0.306 e. The minimum absolute atomic E-state index is 0.479. The van der Waals surface area contributed by atoms with Crippen molar-refractivity contribution in [1.29, 1.82) is 0 Å². The highest BCUT2D eigenvalue weighted by Crippen LogP contribution is 2.32. The Morgan fingerprint density at radius 3 is 3.00 bits per heavy atom. The van der Waals surface area contributed by atoms with Gasteiger partial charge in [0.15, 0.2) is 0 Å². The zero-order valence-corrected chi connectivity index (χ0v) is 8.27. The molecule has 0 saturated heterocycles. The molecule has 0 spiro atoms. The fourth-order valence-electron chi connectivity index (χ4n) is 1.40. The first-order valence-corrected chi connectivity index (χ1v) is 5.30. The quantitative estimate of drug-likeness (QED) is 0.775. The van der Waals surface area contributed by atoms with Crippen LogP contribution in [0.2, 0.25) is 0 Å². The summed E-state index contributed by atoms with van der Waals surface area (Å²) >= 11 is 1.73. The van der Waals surface area contributed by atoms with Crippen LogP contribution in [0.15, 0.2) is 11.7 Å². The van der Waals surface area contributed by atoms with E-state index in [1.54, 1.807) is 11.3 Å². The first kappa shape index (κ1) is 8.20. The molecule has 1 saturated carbocycles. The molecule has 2 nitrogen and oxygen atoms in total. The van der Waals surface area contributed by atoms with Crippen LogP contribution < -0.4 is 5.32 Å². The maximum Gasteiger partial charge on any atom is 0.0794 e. The molecular formula is C9H14N2S. The lowest BCUT2D eigenvalue weighted by Gasteiger charge is -2.10. The number of nitrogens with one attached hydrogen (secondary N) is 1. The van der Waals surface area contributed by atoms with E-state index in [-0.39, 0.29) is 0 Å². The fourth-order valence-corrected chi connectivity index (χ4v) is 2.03. The highest BCUT2D eigenvalue weighted by molar-refractivity contribution is 7.09. The molecule has 0 amide bonds. The Kier molecular flexibility index (Phi) is 2.15. The first-order valence-electron chi connectivity index (χ1n) is 4.42. The van der Waals surface area contributed by atoms with Gasteiger partial charge in [-0.2, -0.15) is 0 Å². The summed E-state index contributed by atoms with van der Waals surface area (Å²) in [7, 11) is 0. The zero-order chi connectivity index (χ0) is 8.55. The summed E-state index contributed by atoms with van der Waals surface area (Å²) in [5.41, 5.74) is 1.89. The molecule has 0 aliphatic heterocycles. The molecular weight excluding hydrogens is 168 g/mol. The molecule has 2 rings (SSSR count). The van der Waals surface area contributed by atoms with Crippen LogP contribution >= 0.6 is 11.3 Å². The maximum absolute atomic E-state index is 4.07. The van der Waals surface area contributed by atoms with Crippen molar-refractivity contribution in [2.24, 2.45) is 5.92 Å². The van der Waals surface area contributed by atoms with Gasteiger partial charge in [-0.3, -0.25) is 4.98 Å². The molecule has 1 aromatic heterocycles. The maximum atomic E-state index is 4.07. The smallest absolute Gasteiger partial charge is 0.0794 e. The van der Waals surface area contributed by atoms with E-state index < -0.39 is 0 Å². The van der Waals surface area contributed by atoms with Crippen LogP contribution in [0, 0.1) is 5.92 Å². The second kappa shape index (κ2) is 3.15. The van der Waals surface area contributed by atoms with Crippen molar-refractivity contribution in [3.8, 4) is 0 Å². The van der Waals surface area contributed by atoms with Gasteiger partial charge in [-0.25, -0.2) is 0 Å². The summed E-state index contributed by atoms with van der Waals surface area (Å²) < 4.78 is 0. The number of hydrogen-bond donors (Lipinski definition) is 1. The van der Waals surface area contributed by atoms with E-state index >= 15 is 0 Å². The van der Waals surface area contributed by atoms with Gasteiger partial charge in [-0.15, -0.1) is 11.3 Å². The Labute approximate surface area is 77.0 Å². The van der Waals surface area contributed by atoms with Gasteiger partial charge in [0.05, 0.1) is 5.51 Å². The summed E-state index contributed by atoms with van der Waals surface area (Å²) in [5.74, 6) is 0.875. The summed E-state index contributed by atoms with van der Waals surface area (Å²) in [4.78, 5) is 5.41. The summed E-state index contributed by atoms with van der Waals surface area (Å²) in [6, 6.07) is 1.23. The van der Waals surface area contributed by atoms with E-state index in [1.807, 2.05) is 11.7 Å². The van der Waals surface area contributed by atoms with Gasteiger partial charge in [0.25, 0.3) is 0 Å². The number of aromatic nitrogens is 1. The molecule has 1 aliphatic rings. The highest BCUT2D eigenvalue weighted by Gasteiger charge is 2.33. The molecule has 3 heteroatoms. The summed E-state index contributed by atoms with van der Waals surface area (Å²) in [5, 5.41) is 3.58. The molecule has 0 radical (unpaired) electrons. The highest BCUT2D eigenvalue weighted by atomic mass is 32.1. The van der Waals surface area contributed by atoms with E-state index in [1.165, 1.54) is 11.3 Å². The van der Waals surface area contributed by atoms with E-state index in [9.17, 15) is 0 Å². The third kappa shape index (κ3) is 1.67. The summed E-state index contributed by atoms with van der Waals surface area (Å²) in [6.45, 7) is 4.50. The molecule has 66 valence electrons. The molecule has 12 heavy (non-hydrogen) atoms. The van der Waals surface area contributed by atoms with E-state index in [2.05, 4.69) is 24.1 Å². The summed E-state index contributed by atoms with van der Waals surface area (Å²) in [6.07, 6.45) is 3.29. The van der Waals surface area contributed by atoms with Crippen LogP contribution in [0.4, 0.5) is 0 Å². The van der Waals surface area contributed by atoms with Gasteiger partial charge in [0, 0.05) is 23.2 Å². The number of hydrogen-bond acceptors (Lipinski definition) is 3. The second-order valence-corrected chi connectivity index (χ2v) is 4.53. The van der Waals surface area contributed by atoms with Crippen LogP contribution in [0.1, 0.15) is 31.2 Å². The van der Waals surface area contributed by atoms with Crippen LogP contribution in [-0.4, -0.2) is 11.0 Å². The predicted molar refractivity (Wildman–Crippen MR) is 51.2 cm³/mol. The molecule has 1 heterocycles. The Balaban J connectivity index is 1.89. The molecule has 1 aromatic rings. The molecule has 0 aromatic carbocycles. The second-order valence-electron chi connectivity index (χ2n) is 3.61. The number of rotatable bonds is 3. The molecule has 1 N–H and O–H groups in total. The van der Waals surface area contributed by atoms with E-state index in [0.29, 0.717) is 6.04 Å². The fraction of sp³-hybridized carbons (Fsp3) is 0.667. The van der Waals surface area contributed by atoms with Gasteiger partial charge in [-0.05, 0) is 19.3 Å². The van der Waals surface area contributed by atoms with Crippen LogP contribution in [0.25, 0.3) is 0 Å². The van der Waals surface area contributed by atoms with Gasteiger partial charge in [-0.1, -0.05) is 6.92 Å². The first-order chi connectivity index (χ1) is 5.77. The van der Waals surface area contributed by atoms with Crippen molar-refractivity contribution < 1.29 is 0 Å². The number of thiazole rings is 1. The third-order valence-electron chi connectivity index (χ3n) is 2.45. The van der Waals surface area contributed by atoms with Gasteiger partial charge < -0.3 is 5.32 Å². The van der Waals surface area contributed by atoms with Crippen molar-refractivity contribution in [2.45, 2.75) is 32.4 Å². The monoisotopic (exact) mass is 182 g/mol. The van der Waals surface area contributed by atoms with Gasteiger partial charge >= 0.3 is 0 Å². The van der Waals surface area contributed by atoms with Crippen molar-refractivity contribution in [3.63, 3.8) is 0 Å². The van der Waals surface area contributed by atoms with Crippen molar-refractivity contribution in [2.75, 3.05) is 0 Å². The molecule has 3 unspecified atom stereocenters. The molecule has 1 fully saturated rings. The third-order valence-corrected chi connectivity index (χ3v) is 3.41. The van der Waals surface area contributed by atoms with Gasteiger partial charge in [0.1, 0.15) is 0 Å². The Bertz CT molecular complexity index is 245.